The Bertz CT molecular complexity index is 538. The maximum atomic E-state index is 4.76. The van der Waals surface area contributed by atoms with Gasteiger partial charge >= 0.3 is 0 Å². The third-order valence-electron chi connectivity index (χ3n) is 4.22. The van der Waals surface area contributed by atoms with E-state index in [-0.39, 0.29) is 0 Å². The first-order valence-corrected chi connectivity index (χ1v) is 7.95. The Kier molecular flexibility index (Phi) is 5.57. The lowest BCUT2D eigenvalue weighted by atomic mass is 10.0. The van der Waals surface area contributed by atoms with E-state index in [9.17, 15) is 0 Å². The maximum absolute atomic E-state index is 4.76. The van der Waals surface area contributed by atoms with Crippen LogP contribution in [-0.4, -0.2) is 16.8 Å². The highest BCUT2D eigenvalue weighted by Gasteiger charge is 2.13. The molecular formula is C18H27N3. The second-order valence-electron chi connectivity index (χ2n) is 5.71. The molecule has 2 aromatic rings. The molecular weight excluding hydrogens is 258 g/mol. The largest absolute Gasteiger partial charge is 0.313 e. The average Bonchev–Trinajstić information content (AvgIpc) is 2.96. The molecule has 0 aliphatic rings. The highest BCUT2D eigenvalue weighted by molar-refractivity contribution is 5.25. The molecule has 0 aliphatic heterocycles. The zero-order chi connectivity index (χ0) is 15.2. The van der Waals surface area contributed by atoms with Gasteiger partial charge in [-0.05, 0) is 38.4 Å². The molecule has 0 aliphatic carbocycles. The van der Waals surface area contributed by atoms with Crippen molar-refractivity contribution in [1.82, 2.24) is 15.1 Å². The van der Waals surface area contributed by atoms with Gasteiger partial charge in [0.15, 0.2) is 0 Å². The minimum Gasteiger partial charge on any atom is -0.313 e. The van der Waals surface area contributed by atoms with E-state index in [1.807, 2.05) is 7.05 Å². The van der Waals surface area contributed by atoms with Crippen LogP contribution in [0.2, 0.25) is 0 Å². The van der Waals surface area contributed by atoms with E-state index in [0.717, 1.165) is 25.0 Å². The van der Waals surface area contributed by atoms with Crippen LogP contribution in [-0.2, 0) is 6.42 Å². The SMILES string of the molecule is CCC(CC)n1ccc(CC(NC)c2ccc(C)cc2)n1. The molecule has 0 bridgehead atoms. The normalized spacial score (nSPS) is 12.8. The molecule has 1 heterocycles. The molecule has 1 atom stereocenters. The van der Waals surface area contributed by atoms with Gasteiger partial charge in [0.1, 0.15) is 0 Å². The Morgan fingerprint density at radius 3 is 2.33 bits per heavy atom. The van der Waals surface area contributed by atoms with Gasteiger partial charge in [-0.1, -0.05) is 43.7 Å². The second kappa shape index (κ2) is 7.41. The van der Waals surface area contributed by atoms with Crippen LogP contribution >= 0.6 is 0 Å². The fourth-order valence-corrected chi connectivity index (χ4v) is 2.75. The molecule has 0 spiro atoms. The number of hydrogen-bond donors (Lipinski definition) is 1. The van der Waals surface area contributed by atoms with Gasteiger partial charge in [0, 0.05) is 18.7 Å². The Morgan fingerprint density at radius 2 is 1.76 bits per heavy atom. The predicted molar refractivity (Wildman–Crippen MR) is 88.5 cm³/mol. The smallest absolute Gasteiger partial charge is 0.0643 e. The fourth-order valence-electron chi connectivity index (χ4n) is 2.75. The summed E-state index contributed by atoms with van der Waals surface area (Å²) in [6.07, 6.45) is 5.30. The molecule has 114 valence electrons. The number of nitrogens with one attached hydrogen (secondary N) is 1. The number of nitrogens with zero attached hydrogens (tertiary/aromatic N) is 2. The molecule has 1 unspecified atom stereocenters. The molecule has 0 saturated heterocycles. The van der Waals surface area contributed by atoms with Gasteiger partial charge in [-0.3, -0.25) is 4.68 Å². The first-order chi connectivity index (χ1) is 10.2. The molecule has 0 saturated carbocycles. The summed E-state index contributed by atoms with van der Waals surface area (Å²) in [5.41, 5.74) is 3.77. The Balaban J connectivity index is 2.10. The average molecular weight is 285 g/mol. The standard InChI is InChI=1S/C18H27N3/c1-5-17(6-2)21-12-11-16(20-21)13-18(19-4)15-9-7-14(3)8-10-15/h7-12,17-19H,5-6,13H2,1-4H3. The minimum atomic E-state index is 0.315. The van der Waals surface area contributed by atoms with Crippen LogP contribution in [0.25, 0.3) is 0 Å². The van der Waals surface area contributed by atoms with Crippen LogP contribution in [0, 0.1) is 6.92 Å². The van der Waals surface area contributed by atoms with E-state index in [0.29, 0.717) is 12.1 Å². The van der Waals surface area contributed by atoms with Gasteiger partial charge in [0.2, 0.25) is 0 Å². The summed E-state index contributed by atoms with van der Waals surface area (Å²) in [6, 6.07) is 11.7. The van der Waals surface area contributed by atoms with E-state index in [4.69, 9.17) is 5.10 Å². The first-order valence-electron chi connectivity index (χ1n) is 7.95. The Hall–Kier alpha value is -1.61. The highest BCUT2D eigenvalue weighted by atomic mass is 15.3. The number of aromatic nitrogens is 2. The summed E-state index contributed by atoms with van der Waals surface area (Å²) in [7, 11) is 2.02. The molecule has 1 aromatic carbocycles. The molecule has 3 heteroatoms. The molecule has 1 aromatic heterocycles. The van der Waals surface area contributed by atoms with E-state index in [1.54, 1.807) is 0 Å². The number of benzene rings is 1. The second-order valence-corrected chi connectivity index (χ2v) is 5.71. The van der Waals surface area contributed by atoms with Crippen LogP contribution < -0.4 is 5.32 Å². The van der Waals surface area contributed by atoms with Crippen molar-refractivity contribution in [1.29, 1.82) is 0 Å². The lowest BCUT2D eigenvalue weighted by Gasteiger charge is -2.16. The van der Waals surface area contributed by atoms with Gasteiger partial charge in [0.05, 0.1) is 11.7 Å². The van der Waals surface area contributed by atoms with Gasteiger partial charge in [-0.15, -0.1) is 0 Å². The highest BCUT2D eigenvalue weighted by Crippen LogP contribution is 2.20. The molecule has 3 nitrogen and oxygen atoms in total. The van der Waals surface area contributed by atoms with E-state index in [2.05, 4.69) is 67.3 Å². The maximum Gasteiger partial charge on any atom is 0.0643 e. The molecule has 21 heavy (non-hydrogen) atoms. The van der Waals surface area contributed by atoms with Crippen LogP contribution in [0.15, 0.2) is 36.5 Å². The van der Waals surface area contributed by atoms with Gasteiger partial charge in [-0.25, -0.2) is 0 Å². The summed E-state index contributed by atoms with van der Waals surface area (Å²) in [5, 5.41) is 8.16. The number of aryl methyl sites for hydroxylation is 1. The third-order valence-corrected chi connectivity index (χ3v) is 4.22. The van der Waals surface area contributed by atoms with Crippen molar-refractivity contribution in [2.45, 2.75) is 52.1 Å². The van der Waals surface area contributed by atoms with Crippen molar-refractivity contribution in [3.05, 3.63) is 53.3 Å². The molecule has 1 N–H and O–H groups in total. The minimum absolute atomic E-state index is 0.315. The van der Waals surface area contributed by atoms with Gasteiger partial charge in [0.25, 0.3) is 0 Å². The summed E-state index contributed by atoms with van der Waals surface area (Å²) < 4.78 is 2.12. The molecule has 0 amide bonds. The van der Waals surface area contributed by atoms with E-state index >= 15 is 0 Å². The van der Waals surface area contributed by atoms with E-state index in [1.165, 1.54) is 11.1 Å². The predicted octanol–water partition coefficient (Wildman–Crippen LogP) is 4.06. The fraction of sp³-hybridized carbons (Fsp3) is 0.500. The lowest BCUT2D eigenvalue weighted by molar-refractivity contribution is 0.423. The molecule has 0 radical (unpaired) electrons. The number of hydrogen-bond acceptors (Lipinski definition) is 2. The van der Waals surface area contributed by atoms with Crippen molar-refractivity contribution in [2.24, 2.45) is 0 Å². The zero-order valence-corrected chi connectivity index (χ0v) is 13.6. The molecule has 2 rings (SSSR count). The van der Waals surface area contributed by atoms with Crippen LogP contribution in [0.4, 0.5) is 0 Å². The van der Waals surface area contributed by atoms with Crippen molar-refractivity contribution in [3.8, 4) is 0 Å². The first kappa shape index (κ1) is 15.8. The lowest BCUT2D eigenvalue weighted by Crippen LogP contribution is -2.19. The topological polar surface area (TPSA) is 29.9 Å². The number of rotatable bonds is 7. The van der Waals surface area contributed by atoms with Crippen molar-refractivity contribution in [2.75, 3.05) is 7.05 Å². The van der Waals surface area contributed by atoms with Gasteiger partial charge < -0.3 is 5.32 Å². The Morgan fingerprint density at radius 1 is 1.10 bits per heavy atom. The third kappa shape index (κ3) is 3.94. The Labute approximate surface area is 128 Å². The van der Waals surface area contributed by atoms with Crippen molar-refractivity contribution >= 4 is 0 Å². The molecule has 0 fully saturated rings. The van der Waals surface area contributed by atoms with Crippen molar-refractivity contribution < 1.29 is 0 Å². The summed E-state index contributed by atoms with van der Waals surface area (Å²) in [4.78, 5) is 0. The van der Waals surface area contributed by atoms with Crippen molar-refractivity contribution in [3.63, 3.8) is 0 Å². The van der Waals surface area contributed by atoms with Gasteiger partial charge in [-0.2, -0.15) is 5.10 Å². The summed E-state index contributed by atoms with van der Waals surface area (Å²) >= 11 is 0. The van der Waals surface area contributed by atoms with E-state index < -0.39 is 0 Å². The van der Waals surface area contributed by atoms with Crippen LogP contribution in [0.3, 0.4) is 0 Å². The van der Waals surface area contributed by atoms with Crippen LogP contribution in [0.5, 0.6) is 0 Å². The van der Waals surface area contributed by atoms with Crippen LogP contribution in [0.1, 0.15) is 55.6 Å². The summed E-state index contributed by atoms with van der Waals surface area (Å²) in [6.45, 7) is 6.56. The monoisotopic (exact) mass is 285 g/mol. The number of likely N-dealkylation sites (N-methyl/N-ethyl adjacent to an activating group) is 1. The quantitative estimate of drug-likeness (QED) is 0.831. The zero-order valence-electron chi connectivity index (χ0n) is 13.6. The summed E-state index contributed by atoms with van der Waals surface area (Å²) in [5.74, 6) is 0.